The van der Waals surface area contributed by atoms with Gasteiger partial charge in [0.25, 0.3) is 5.91 Å². The molecule has 184 valence electrons. The average Bonchev–Trinajstić information content (AvgIpc) is 3.51. The first-order chi connectivity index (χ1) is 16.7. The van der Waals surface area contributed by atoms with Gasteiger partial charge in [0.15, 0.2) is 0 Å². The highest BCUT2D eigenvalue weighted by atomic mass is 35.5. The minimum Gasteiger partial charge on any atom is -0.378 e. The first kappa shape index (κ1) is 24.5. The number of pyridine rings is 1. The first-order valence-corrected chi connectivity index (χ1v) is 10.8. The summed E-state index contributed by atoms with van der Waals surface area (Å²) in [6.45, 7) is 0.212. The Bertz CT molecular complexity index is 1210. The maximum Gasteiger partial charge on any atom is 0.418 e. The molecule has 35 heavy (non-hydrogen) atoms. The number of rotatable bonds is 7. The largest absolute Gasteiger partial charge is 0.418 e. The summed E-state index contributed by atoms with van der Waals surface area (Å²) in [5.41, 5.74) is -1.43. The summed E-state index contributed by atoms with van der Waals surface area (Å²) in [5.74, 6) is -0.962. The van der Waals surface area contributed by atoms with Gasteiger partial charge in [-0.1, -0.05) is 23.7 Å². The molecule has 9 nitrogen and oxygen atoms in total. The first-order valence-electron chi connectivity index (χ1n) is 10.4. The van der Waals surface area contributed by atoms with Crippen molar-refractivity contribution in [3.05, 3.63) is 70.8 Å². The fourth-order valence-electron chi connectivity index (χ4n) is 3.56. The van der Waals surface area contributed by atoms with Crippen LogP contribution in [0.1, 0.15) is 28.0 Å². The van der Waals surface area contributed by atoms with E-state index in [1.165, 1.54) is 42.9 Å². The van der Waals surface area contributed by atoms with Crippen LogP contribution < -0.4 is 16.0 Å². The van der Waals surface area contributed by atoms with Crippen molar-refractivity contribution in [2.24, 2.45) is 0 Å². The molecule has 1 aliphatic heterocycles. The predicted molar refractivity (Wildman–Crippen MR) is 120 cm³/mol. The topological polar surface area (TPSA) is 121 Å². The lowest BCUT2D eigenvalue weighted by molar-refractivity contribution is -0.137. The number of aromatic amines is 1. The third kappa shape index (κ3) is 5.54. The molecule has 0 spiro atoms. The van der Waals surface area contributed by atoms with E-state index < -0.39 is 29.1 Å². The van der Waals surface area contributed by atoms with Crippen LogP contribution in [0.25, 0.3) is 0 Å². The van der Waals surface area contributed by atoms with Gasteiger partial charge in [-0.2, -0.15) is 18.3 Å². The molecular weight excluding hydrogens is 489 g/mol. The Labute approximate surface area is 202 Å². The van der Waals surface area contributed by atoms with Crippen LogP contribution in [0, 0.1) is 0 Å². The van der Waals surface area contributed by atoms with Crippen LogP contribution in [-0.2, 0) is 22.3 Å². The number of para-hydroxylation sites is 1. The van der Waals surface area contributed by atoms with E-state index in [0.29, 0.717) is 5.69 Å². The molecule has 1 atom stereocenters. The maximum atomic E-state index is 13.2. The van der Waals surface area contributed by atoms with E-state index in [9.17, 15) is 22.8 Å². The highest BCUT2D eigenvalue weighted by molar-refractivity contribution is 6.31. The Morgan fingerprint density at radius 3 is 2.69 bits per heavy atom. The number of nitrogens with one attached hydrogen (secondary N) is 4. The van der Waals surface area contributed by atoms with Gasteiger partial charge in [-0.25, -0.2) is 0 Å². The number of alkyl halides is 3. The number of hydrogen-bond donors (Lipinski definition) is 4. The van der Waals surface area contributed by atoms with E-state index in [1.54, 1.807) is 0 Å². The predicted octanol–water partition coefficient (Wildman–Crippen LogP) is 3.43. The fourth-order valence-corrected chi connectivity index (χ4v) is 3.79. The molecule has 13 heteroatoms. The number of H-pyrrole nitrogens is 1. The molecule has 3 heterocycles. The number of amides is 2. The number of carbonyl (C=O) groups excluding carboxylic acids is 2. The number of carbonyl (C=O) groups is 2. The quantitative estimate of drug-likeness (QED) is 0.388. The second-order valence-corrected chi connectivity index (χ2v) is 8.24. The van der Waals surface area contributed by atoms with Crippen molar-refractivity contribution in [2.75, 3.05) is 18.5 Å². The van der Waals surface area contributed by atoms with E-state index >= 15 is 0 Å². The number of anilines is 2. The fraction of sp³-hybridized carbons (Fsp3) is 0.273. The third-order valence-electron chi connectivity index (χ3n) is 5.41. The number of hydrogen-bond acceptors (Lipinski definition) is 6. The number of ether oxygens (including phenoxy) is 1. The highest BCUT2D eigenvalue weighted by Crippen LogP contribution is 2.36. The molecule has 0 aliphatic carbocycles. The molecular formula is C22H20ClF3N6O3. The molecule has 4 rings (SSSR count). The molecule has 0 saturated carbocycles. The van der Waals surface area contributed by atoms with Crippen molar-refractivity contribution >= 4 is 34.8 Å². The van der Waals surface area contributed by atoms with Crippen molar-refractivity contribution < 1.29 is 27.5 Å². The molecule has 2 aromatic heterocycles. The van der Waals surface area contributed by atoms with E-state index in [4.69, 9.17) is 16.3 Å². The Balaban J connectivity index is 1.43. The van der Waals surface area contributed by atoms with Gasteiger partial charge in [0.1, 0.15) is 5.54 Å². The van der Waals surface area contributed by atoms with Gasteiger partial charge in [-0.05, 0) is 18.2 Å². The van der Waals surface area contributed by atoms with Crippen molar-refractivity contribution in [3.8, 4) is 0 Å². The van der Waals surface area contributed by atoms with Crippen LogP contribution in [-0.4, -0.2) is 45.7 Å². The van der Waals surface area contributed by atoms with Crippen LogP contribution in [0.5, 0.6) is 0 Å². The van der Waals surface area contributed by atoms with E-state index in [1.807, 2.05) is 0 Å². The summed E-state index contributed by atoms with van der Waals surface area (Å²) in [7, 11) is 0. The zero-order valence-corrected chi connectivity index (χ0v) is 18.8. The zero-order chi connectivity index (χ0) is 25.1. The molecule has 0 unspecified atom stereocenters. The van der Waals surface area contributed by atoms with Crippen molar-refractivity contribution in [3.63, 3.8) is 0 Å². The van der Waals surface area contributed by atoms with Crippen LogP contribution in [0.4, 0.5) is 24.5 Å². The minimum absolute atomic E-state index is 0.00887. The summed E-state index contributed by atoms with van der Waals surface area (Å²) in [6, 6.07) is 6.45. The van der Waals surface area contributed by atoms with Crippen molar-refractivity contribution in [1.29, 1.82) is 0 Å². The Morgan fingerprint density at radius 2 is 2.03 bits per heavy atom. The average molecular weight is 509 g/mol. The normalized spacial score (nSPS) is 17.7. The standard InChI is InChI=1S/C22H20ClF3N6O3/c23-16-7-14(31-17-4-2-1-3-15(17)22(24,25)26)10-27-18(16)11-28-20(34)21(5-6-35-12-21)32-19(33)13-8-29-30-9-13/h1-4,7-10,31H,5-6,11-12H2,(H,28,34)(H,29,30)(H,32,33)/t21-/m0/s1. The lowest BCUT2D eigenvalue weighted by Crippen LogP contribution is -2.59. The maximum absolute atomic E-state index is 13.2. The second-order valence-electron chi connectivity index (χ2n) is 7.83. The number of benzene rings is 1. The van der Waals surface area contributed by atoms with Gasteiger partial charge in [-0.15, -0.1) is 0 Å². The molecule has 1 aromatic carbocycles. The molecule has 0 bridgehead atoms. The molecule has 3 aromatic rings. The summed E-state index contributed by atoms with van der Waals surface area (Å²) in [6.07, 6.45) is -0.203. The SMILES string of the molecule is O=C(N[C@@]1(C(=O)NCc2ncc(Nc3ccccc3C(F)(F)F)cc2Cl)CCOC1)c1cn[nH]c1. The van der Waals surface area contributed by atoms with E-state index in [0.717, 1.165) is 6.07 Å². The lowest BCUT2D eigenvalue weighted by Gasteiger charge is -2.27. The van der Waals surface area contributed by atoms with E-state index in [-0.39, 0.29) is 48.1 Å². The summed E-state index contributed by atoms with van der Waals surface area (Å²) < 4.78 is 45.0. The summed E-state index contributed by atoms with van der Waals surface area (Å²) >= 11 is 6.27. The van der Waals surface area contributed by atoms with Gasteiger partial charge in [-0.3, -0.25) is 19.7 Å². The van der Waals surface area contributed by atoms with Crippen LogP contribution in [0.3, 0.4) is 0 Å². The minimum atomic E-state index is -4.53. The van der Waals surface area contributed by atoms with Crippen LogP contribution in [0.2, 0.25) is 5.02 Å². The Kier molecular flexibility index (Phi) is 6.94. The Morgan fingerprint density at radius 1 is 1.23 bits per heavy atom. The zero-order valence-electron chi connectivity index (χ0n) is 18.1. The van der Waals surface area contributed by atoms with Crippen molar-refractivity contribution in [1.82, 2.24) is 25.8 Å². The molecule has 4 N–H and O–H groups in total. The summed E-state index contributed by atoms with van der Waals surface area (Å²) in [4.78, 5) is 29.6. The van der Waals surface area contributed by atoms with Gasteiger partial charge in [0, 0.05) is 19.2 Å². The molecule has 0 radical (unpaired) electrons. The molecule has 1 saturated heterocycles. The van der Waals surface area contributed by atoms with Crippen molar-refractivity contribution in [2.45, 2.75) is 24.7 Å². The molecule has 1 aliphatic rings. The Hall–Kier alpha value is -3.64. The number of halogens is 4. The number of aromatic nitrogens is 3. The van der Waals surface area contributed by atoms with Gasteiger partial charge >= 0.3 is 6.18 Å². The second kappa shape index (κ2) is 9.92. The highest BCUT2D eigenvalue weighted by Gasteiger charge is 2.44. The van der Waals surface area contributed by atoms with Gasteiger partial charge in [0.05, 0.1) is 58.8 Å². The monoisotopic (exact) mass is 508 g/mol. The van der Waals surface area contributed by atoms with Gasteiger partial charge in [0.2, 0.25) is 5.91 Å². The summed E-state index contributed by atoms with van der Waals surface area (Å²) in [5, 5.41) is 14.5. The van der Waals surface area contributed by atoms with E-state index in [2.05, 4.69) is 31.1 Å². The van der Waals surface area contributed by atoms with Gasteiger partial charge < -0.3 is 20.7 Å². The third-order valence-corrected chi connectivity index (χ3v) is 5.74. The number of nitrogens with zero attached hydrogens (tertiary/aromatic N) is 2. The molecule has 1 fully saturated rings. The van der Waals surface area contributed by atoms with Crippen LogP contribution in [0.15, 0.2) is 48.9 Å². The lowest BCUT2D eigenvalue weighted by atomic mass is 9.96. The van der Waals surface area contributed by atoms with Crippen LogP contribution >= 0.6 is 11.6 Å². The molecule has 2 amide bonds. The smallest absolute Gasteiger partial charge is 0.378 e.